The average Bonchev–Trinajstić information content (AvgIpc) is 3.07. The zero-order chi connectivity index (χ0) is 16.5. The number of hydrogen-bond donors (Lipinski definition) is 1. The number of unbranched alkanes of at least 4 members (excludes halogenated alkanes) is 1. The molecule has 1 N–H and O–H groups in total. The standard InChI is InChI=1S/C18H34N4O.HI/c1-3-19-18(22-14-12-21(13-15-22)16(2)23)20-11-7-6-10-17-8-4-5-9-17;/h17H,3-15H2,1-2H3,(H,19,20);1H. The Hall–Kier alpha value is -0.530. The molecule has 0 radical (unpaired) electrons. The van der Waals surface area contributed by atoms with E-state index < -0.39 is 0 Å². The molecule has 0 aromatic carbocycles. The molecule has 1 saturated carbocycles. The fourth-order valence-electron chi connectivity index (χ4n) is 3.69. The van der Waals surface area contributed by atoms with Gasteiger partial charge in [0.05, 0.1) is 0 Å². The van der Waals surface area contributed by atoms with Crippen molar-refractivity contribution in [3.63, 3.8) is 0 Å². The molecular weight excluding hydrogens is 415 g/mol. The van der Waals surface area contributed by atoms with E-state index in [1.54, 1.807) is 6.92 Å². The van der Waals surface area contributed by atoms with Gasteiger partial charge in [-0.2, -0.15) is 0 Å². The van der Waals surface area contributed by atoms with Gasteiger partial charge in [0, 0.05) is 46.2 Å². The van der Waals surface area contributed by atoms with Gasteiger partial charge in [0.15, 0.2) is 5.96 Å². The third-order valence-electron chi connectivity index (χ3n) is 5.12. The molecule has 2 aliphatic rings. The number of rotatable bonds is 6. The Morgan fingerprint density at radius 2 is 1.71 bits per heavy atom. The van der Waals surface area contributed by atoms with E-state index in [9.17, 15) is 4.79 Å². The second-order valence-electron chi connectivity index (χ2n) is 6.88. The second kappa shape index (κ2) is 11.9. The summed E-state index contributed by atoms with van der Waals surface area (Å²) in [6, 6.07) is 0. The molecule has 1 amide bonds. The molecule has 0 atom stereocenters. The highest BCUT2D eigenvalue weighted by Crippen LogP contribution is 2.28. The number of guanidine groups is 1. The van der Waals surface area contributed by atoms with Crippen molar-refractivity contribution in [2.75, 3.05) is 39.3 Å². The number of piperazine rings is 1. The zero-order valence-electron chi connectivity index (χ0n) is 15.4. The van der Waals surface area contributed by atoms with Gasteiger partial charge in [0.25, 0.3) is 0 Å². The number of amides is 1. The van der Waals surface area contributed by atoms with Crippen LogP contribution < -0.4 is 5.32 Å². The summed E-state index contributed by atoms with van der Waals surface area (Å²) in [6.07, 6.45) is 9.69. The fourth-order valence-corrected chi connectivity index (χ4v) is 3.69. The maximum absolute atomic E-state index is 11.4. The topological polar surface area (TPSA) is 47.9 Å². The molecule has 2 fully saturated rings. The van der Waals surface area contributed by atoms with Crippen LogP contribution in [0.4, 0.5) is 0 Å². The lowest BCUT2D eigenvalue weighted by Crippen LogP contribution is -2.53. The Bertz CT molecular complexity index is 388. The Morgan fingerprint density at radius 1 is 1.08 bits per heavy atom. The predicted molar refractivity (Wildman–Crippen MR) is 111 cm³/mol. The summed E-state index contributed by atoms with van der Waals surface area (Å²) in [6.45, 7) is 8.96. The molecule has 0 aromatic heterocycles. The van der Waals surface area contributed by atoms with Crippen molar-refractivity contribution in [1.29, 1.82) is 0 Å². The van der Waals surface area contributed by atoms with Crippen molar-refractivity contribution in [2.24, 2.45) is 10.9 Å². The minimum absolute atomic E-state index is 0. The maximum atomic E-state index is 11.4. The lowest BCUT2D eigenvalue weighted by molar-refractivity contribution is -0.130. The van der Waals surface area contributed by atoms with Crippen molar-refractivity contribution in [3.05, 3.63) is 0 Å². The van der Waals surface area contributed by atoms with Gasteiger partial charge >= 0.3 is 0 Å². The van der Waals surface area contributed by atoms with Crippen LogP contribution in [0, 0.1) is 5.92 Å². The molecule has 0 bridgehead atoms. The Kier molecular flexibility index (Phi) is 10.7. The minimum atomic E-state index is 0. The van der Waals surface area contributed by atoms with Crippen LogP contribution in [0.15, 0.2) is 4.99 Å². The molecule has 1 aliphatic carbocycles. The van der Waals surface area contributed by atoms with Gasteiger partial charge in [-0.1, -0.05) is 38.5 Å². The first-order chi connectivity index (χ1) is 11.2. The van der Waals surface area contributed by atoms with Crippen LogP contribution in [0.2, 0.25) is 0 Å². The van der Waals surface area contributed by atoms with Gasteiger partial charge in [0.2, 0.25) is 5.91 Å². The van der Waals surface area contributed by atoms with E-state index >= 15 is 0 Å². The smallest absolute Gasteiger partial charge is 0.219 e. The van der Waals surface area contributed by atoms with Crippen LogP contribution in [-0.4, -0.2) is 60.9 Å². The monoisotopic (exact) mass is 450 g/mol. The first-order valence-electron chi connectivity index (χ1n) is 9.49. The molecule has 1 heterocycles. The Labute approximate surface area is 164 Å². The van der Waals surface area contributed by atoms with E-state index in [0.717, 1.165) is 51.1 Å². The van der Waals surface area contributed by atoms with E-state index in [4.69, 9.17) is 4.99 Å². The zero-order valence-corrected chi connectivity index (χ0v) is 17.8. The number of carbonyl (C=O) groups excluding carboxylic acids is 1. The van der Waals surface area contributed by atoms with Gasteiger partial charge in [0.1, 0.15) is 0 Å². The second-order valence-corrected chi connectivity index (χ2v) is 6.88. The summed E-state index contributed by atoms with van der Waals surface area (Å²) in [4.78, 5) is 20.4. The lowest BCUT2D eigenvalue weighted by Gasteiger charge is -2.36. The number of hydrogen-bond acceptors (Lipinski definition) is 2. The molecule has 24 heavy (non-hydrogen) atoms. The molecule has 0 spiro atoms. The number of halogens is 1. The van der Waals surface area contributed by atoms with Crippen molar-refractivity contribution >= 4 is 35.8 Å². The van der Waals surface area contributed by atoms with Gasteiger partial charge in [-0.25, -0.2) is 0 Å². The third kappa shape index (κ3) is 7.15. The van der Waals surface area contributed by atoms with E-state index in [-0.39, 0.29) is 29.9 Å². The Balaban J connectivity index is 0.00000288. The largest absolute Gasteiger partial charge is 0.357 e. The number of nitrogens with zero attached hydrogens (tertiary/aromatic N) is 3. The van der Waals surface area contributed by atoms with Gasteiger partial charge < -0.3 is 15.1 Å². The summed E-state index contributed by atoms with van der Waals surface area (Å²) >= 11 is 0. The quantitative estimate of drug-likeness (QED) is 0.293. The molecule has 5 nitrogen and oxygen atoms in total. The third-order valence-corrected chi connectivity index (χ3v) is 5.12. The molecule has 0 unspecified atom stereocenters. The van der Waals surface area contributed by atoms with E-state index in [2.05, 4.69) is 17.1 Å². The minimum Gasteiger partial charge on any atom is -0.357 e. The number of carbonyl (C=O) groups is 1. The van der Waals surface area contributed by atoms with Crippen molar-refractivity contribution < 1.29 is 4.79 Å². The molecular formula is C18H35IN4O. The molecule has 1 saturated heterocycles. The Morgan fingerprint density at radius 3 is 2.29 bits per heavy atom. The maximum Gasteiger partial charge on any atom is 0.219 e. The van der Waals surface area contributed by atoms with Crippen molar-refractivity contribution in [2.45, 2.75) is 58.8 Å². The normalized spacial score (nSPS) is 19.3. The molecule has 2 rings (SSSR count). The van der Waals surface area contributed by atoms with Gasteiger partial charge in [-0.05, 0) is 19.3 Å². The lowest BCUT2D eigenvalue weighted by atomic mass is 10.0. The van der Waals surface area contributed by atoms with Crippen LogP contribution in [-0.2, 0) is 4.79 Å². The summed E-state index contributed by atoms with van der Waals surface area (Å²) in [5.74, 6) is 2.20. The van der Waals surface area contributed by atoms with Crippen LogP contribution in [0.1, 0.15) is 58.8 Å². The predicted octanol–water partition coefficient (Wildman–Crippen LogP) is 3.09. The van der Waals surface area contributed by atoms with E-state index in [0.29, 0.717) is 0 Å². The molecule has 140 valence electrons. The highest BCUT2D eigenvalue weighted by molar-refractivity contribution is 14.0. The van der Waals surface area contributed by atoms with Crippen LogP contribution in [0.3, 0.4) is 0 Å². The van der Waals surface area contributed by atoms with Crippen LogP contribution in [0.5, 0.6) is 0 Å². The summed E-state index contributed by atoms with van der Waals surface area (Å²) < 4.78 is 0. The highest BCUT2D eigenvalue weighted by atomic mass is 127. The fraction of sp³-hybridized carbons (Fsp3) is 0.889. The first-order valence-corrected chi connectivity index (χ1v) is 9.49. The highest BCUT2D eigenvalue weighted by Gasteiger charge is 2.20. The molecule has 0 aromatic rings. The summed E-state index contributed by atoms with van der Waals surface area (Å²) in [5, 5.41) is 3.40. The average molecular weight is 450 g/mol. The van der Waals surface area contributed by atoms with E-state index in [1.165, 1.54) is 44.9 Å². The number of aliphatic imine (C=N–C) groups is 1. The van der Waals surface area contributed by atoms with Gasteiger partial charge in [-0.3, -0.25) is 9.79 Å². The van der Waals surface area contributed by atoms with Crippen LogP contribution >= 0.6 is 24.0 Å². The molecule has 1 aliphatic heterocycles. The van der Waals surface area contributed by atoms with Crippen LogP contribution in [0.25, 0.3) is 0 Å². The molecule has 6 heteroatoms. The van der Waals surface area contributed by atoms with Gasteiger partial charge in [-0.15, -0.1) is 24.0 Å². The van der Waals surface area contributed by atoms with Crippen molar-refractivity contribution in [3.8, 4) is 0 Å². The SMILES string of the molecule is CCNC(=NCCCCC1CCCC1)N1CCN(C(C)=O)CC1.I. The first kappa shape index (κ1) is 21.5. The van der Waals surface area contributed by atoms with Crippen molar-refractivity contribution in [1.82, 2.24) is 15.1 Å². The van der Waals surface area contributed by atoms with E-state index in [1.807, 2.05) is 4.90 Å². The summed E-state index contributed by atoms with van der Waals surface area (Å²) in [5.41, 5.74) is 0. The summed E-state index contributed by atoms with van der Waals surface area (Å²) in [7, 11) is 0. The number of nitrogens with one attached hydrogen (secondary N) is 1.